The van der Waals surface area contributed by atoms with Crippen LogP contribution in [0, 0.1) is 0 Å². The van der Waals surface area contributed by atoms with Crippen LogP contribution in [0.3, 0.4) is 0 Å². The molecule has 0 amide bonds. The molecule has 23 heavy (non-hydrogen) atoms. The van der Waals surface area contributed by atoms with Gasteiger partial charge in [0, 0.05) is 0 Å². The fourth-order valence-electron chi connectivity index (χ4n) is 2.37. The average molecular weight is 340 g/mol. The van der Waals surface area contributed by atoms with E-state index in [1.165, 1.54) is 0 Å². The van der Waals surface area contributed by atoms with Crippen LogP contribution < -0.4 is 0 Å². The number of aliphatic hydroxyl groups is 6. The van der Waals surface area contributed by atoms with Crippen molar-refractivity contribution in [3.05, 3.63) is 0 Å². The van der Waals surface area contributed by atoms with Gasteiger partial charge in [-0.15, -0.1) is 0 Å². The molecule has 0 saturated carbocycles. The lowest BCUT2D eigenvalue weighted by atomic mass is 9.98. The Morgan fingerprint density at radius 1 is 1.00 bits per heavy atom. The molecular weight excluding hydrogens is 320 g/mol. The molecule has 0 bridgehead atoms. The first-order valence-corrected chi connectivity index (χ1v) is 6.86. The highest BCUT2D eigenvalue weighted by atomic mass is 16.7. The number of esters is 1. The predicted octanol–water partition coefficient (Wildman–Crippen LogP) is -4.58. The highest BCUT2D eigenvalue weighted by Gasteiger charge is 2.51. The summed E-state index contributed by atoms with van der Waals surface area (Å²) in [6.45, 7) is -0.360. The number of rotatable bonds is 3. The third-order valence-corrected chi connectivity index (χ3v) is 3.74. The maximum Gasteiger partial charge on any atom is 0.337 e. The third kappa shape index (κ3) is 3.63. The minimum absolute atomic E-state index is 0.360. The summed E-state index contributed by atoms with van der Waals surface area (Å²) < 4.78 is 19.3. The molecule has 11 nitrogen and oxygen atoms in total. The number of carbonyl (C=O) groups is 1. The second-order valence-corrected chi connectivity index (χ2v) is 5.30. The van der Waals surface area contributed by atoms with Crippen molar-refractivity contribution < 1.29 is 54.4 Å². The van der Waals surface area contributed by atoms with Gasteiger partial charge < -0.3 is 49.6 Å². The van der Waals surface area contributed by atoms with E-state index in [4.69, 9.17) is 14.2 Å². The van der Waals surface area contributed by atoms with Crippen molar-refractivity contribution in [1.82, 2.24) is 0 Å². The maximum atomic E-state index is 11.5. The Bertz CT molecular complexity index is 418. The molecule has 134 valence electrons. The molecule has 2 saturated heterocycles. The largest absolute Gasteiger partial charge is 0.467 e. The molecule has 9 atom stereocenters. The van der Waals surface area contributed by atoms with Crippen molar-refractivity contribution in [2.45, 2.75) is 55.3 Å². The highest BCUT2D eigenvalue weighted by molar-refractivity contribution is 5.75. The Hall–Kier alpha value is -0.890. The molecule has 0 radical (unpaired) electrons. The highest BCUT2D eigenvalue weighted by Crippen LogP contribution is 2.27. The van der Waals surface area contributed by atoms with Gasteiger partial charge in [-0.2, -0.15) is 0 Å². The van der Waals surface area contributed by atoms with Gasteiger partial charge in [-0.05, 0) is 0 Å². The molecule has 6 N–H and O–H groups in total. The molecule has 2 fully saturated rings. The summed E-state index contributed by atoms with van der Waals surface area (Å²) in [6, 6.07) is 0. The van der Waals surface area contributed by atoms with Crippen molar-refractivity contribution in [1.29, 1.82) is 0 Å². The van der Waals surface area contributed by atoms with Crippen LogP contribution in [0.25, 0.3) is 0 Å². The summed E-state index contributed by atoms with van der Waals surface area (Å²) in [7, 11) is 1.04. The first kappa shape index (κ1) is 18.4. The van der Waals surface area contributed by atoms with Crippen molar-refractivity contribution in [3.8, 4) is 0 Å². The van der Waals surface area contributed by atoms with Gasteiger partial charge in [0.25, 0.3) is 0 Å². The molecule has 2 rings (SSSR count). The van der Waals surface area contributed by atoms with Gasteiger partial charge in [0.15, 0.2) is 18.7 Å². The van der Waals surface area contributed by atoms with Gasteiger partial charge in [0.1, 0.15) is 36.6 Å². The predicted molar refractivity (Wildman–Crippen MR) is 67.5 cm³/mol. The van der Waals surface area contributed by atoms with Gasteiger partial charge >= 0.3 is 5.97 Å². The van der Waals surface area contributed by atoms with Crippen LogP contribution in [0.15, 0.2) is 0 Å². The summed E-state index contributed by atoms with van der Waals surface area (Å²) in [4.78, 5) is 11.5. The fourth-order valence-corrected chi connectivity index (χ4v) is 2.37. The van der Waals surface area contributed by atoms with Crippen LogP contribution in [0.2, 0.25) is 0 Å². The summed E-state index contributed by atoms with van der Waals surface area (Å²) in [5.74, 6) is -1.00. The Morgan fingerprint density at radius 3 is 2.26 bits per heavy atom. The summed E-state index contributed by atoms with van der Waals surface area (Å²) in [6.07, 6.45) is -14.6. The summed E-state index contributed by atoms with van der Waals surface area (Å²) in [5, 5.41) is 58.3. The molecule has 2 heterocycles. The molecular formula is C12H20O11. The lowest BCUT2D eigenvalue weighted by molar-refractivity contribution is -0.339. The second-order valence-electron chi connectivity index (χ2n) is 5.30. The van der Waals surface area contributed by atoms with E-state index in [9.17, 15) is 35.4 Å². The molecule has 0 spiro atoms. The van der Waals surface area contributed by atoms with Crippen molar-refractivity contribution in [2.24, 2.45) is 0 Å². The Kier molecular flexibility index (Phi) is 5.89. The van der Waals surface area contributed by atoms with Crippen LogP contribution in [0.1, 0.15) is 0 Å². The molecule has 0 unspecified atom stereocenters. The normalized spacial score (nSPS) is 48.0. The standard InChI is InChI=1S/C12H20O11/c1-20-11(19)9-6(16)8(7(17)10(18)22-9)23-12-5(15)4(14)3(13)2-21-12/h3-10,12-18H,2H2,1H3/t3-,4+,5-,6+,7-,8+,9+,10-,12+/m1/s1. The number of methoxy groups -OCH3 is 1. The maximum absolute atomic E-state index is 11.5. The monoisotopic (exact) mass is 340 g/mol. The topological polar surface area (TPSA) is 175 Å². The Morgan fingerprint density at radius 2 is 1.65 bits per heavy atom. The number of ether oxygens (including phenoxy) is 4. The van der Waals surface area contributed by atoms with E-state index in [0.717, 1.165) is 7.11 Å². The van der Waals surface area contributed by atoms with Gasteiger partial charge in [0.05, 0.1) is 13.7 Å². The molecule has 2 aliphatic heterocycles. The Labute approximate surface area is 130 Å². The van der Waals surface area contributed by atoms with E-state index in [1.54, 1.807) is 0 Å². The third-order valence-electron chi connectivity index (χ3n) is 3.74. The first-order valence-electron chi connectivity index (χ1n) is 6.86. The number of hydrogen-bond acceptors (Lipinski definition) is 11. The molecule has 0 aliphatic carbocycles. The minimum Gasteiger partial charge on any atom is -0.467 e. The quantitative estimate of drug-likeness (QED) is 0.273. The Balaban J connectivity index is 2.11. The van der Waals surface area contributed by atoms with E-state index >= 15 is 0 Å². The molecule has 11 heteroatoms. The van der Waals surface area contributed by atoms with Gasteiger partial charge in [-0.1, -0.05) is 0 Å². The SMILES string of the molecule is COC(=O)[C@H]1O[C@@H](O)[C@H](O)[C@@H](O[C@@H]2OC[C@@H](O)[C@H](O)[C@H]2O)[C@@H]1O. The van der Waals surface area contributed by atoms with Crippen molar-refractivity contribution in [2.75, 3.05) is 13.7 Å². The molecule has 0 aromatic heterocycles. The zero-order valence-corrected chi connectivity index (χ0v) is 12.1. The minimum atomic E-state index is -1.86. The smallest absolute Gasteiger partial charge is 0.337 e. The van der Waals surface area contributed by atoms with Crippen LogP contribution >= 0.6 is 0 Å². The number of carbonyl (C=O) groups excluding carboxylic acids is 1. The van der Waals surface area contributed by atoms with Crippen LogP contribution in [0.5, 0.6) is 0 Å². The van der Waals surface area contributed by atoms with Crippen molar-refractivity contribution in [3.63, 3.8) is 0 Å². The van der Waals surface area contributed by atoms with E-state index in [0.29, 0.717) is 0 Å². The van der Waals surface area contributed by atoms with E-state index in [-0.39, 0.29) is 6.61 Å². The lowest BCUT2D eigenvalue weighted by Crippen LogP contribution is -2.63. The van der Waals surface area contributed by atoms with Crippen LogP contribution in [0.4, 0.5) is 0 Å². The summed E-state index contributed by atoms with van der Waals surface area (Å²) >= 11 is 0. The second kappa shape index (κ2) is 7.34. The van der Waals surface area contributed by atoms with Gasteiger partial charge in [-0.3, -0.25) is 0 Å². The van der Waals surface area contributed by atoms with E-state index in [1.807, 2.05) is 0 Å². The molecule has 0 aromatic rings. The zero-order valence-electron chi connectivity index (χ0n) is 12.1. The number of aliphatic hydroxyl groups excluding tert-OH is 6. The first-order chi connectivity index (χ1) is 10.8. The van der Waals surface area contributed by atoms with Crippen LogP contribution in [-0.2, 0) is 23.7 Å². The van der Waals surface area contributed by atoms with Gasteiger partial charge in [0.2, 0.25) is 0 Å². The van der Waals surface area contributed by atoms with Crippen LogP contribution in [-0.4, -0.2) is 106 Å². The van der Waals surface area contributed by atoms with Crippen molar-refractivity contribution >= 4 is 5.97 Å². The fraction of sp³-hybridized carbons (Fsp3) is 0.917. The molecule has 0 aromatic carbocycles. The number of hydrogen-bond donors (Lipinski definition) is 6. The van der Waals surface area contributed by atoms with E-state index < -0.39 is 61.3 Å². The lowest BCUT2D eigenvalue weighted by Gasteiger charge is -2.43. The molecule has 2 aliphatic rings. The van der Waals surface area contributed by atoms with E-state index in [2.05, 4.69) is 4.74 Å². The van der Waals surface area contributed by atoms with Gasteiger partial charge in [-0.25, -0.2) is 4.79 Å². The zero-order chi connectivity index (χ0) is 17.3. The average Bonchev–Trinajstić information content (AvgIpc) is 2.54. The summed E-state index contributed by atoms with van der Waals surface area (Å²) in [5.41, 5.74) is 0.